The van der Waals surface area contributed by atoms with Gasteiger partial charge in [-0.1, -0.05) is 11.3 Å². The van der Waals surface area contributed by atoms with E-state index in [4.69, 9.17) is 0 Å². The number of carbonyl (C=O) groups is 1. The molecule has 2 N–H and O–H groups in total. The molecule has 1 unspecified atom stereocenters. The van der Waals surface area contributed by atoms with Gasteiger partial charge < -0.3 is 15.5 Å². The van der Waals surface area contributed by atoms with E-state index in [0.29, 0.717) is 5.92 Å². The maximum atomic E-state index is 12.3. The Kier molecular flexibility index (Phi) is 5.50. The molecule has 2 aromatic rings. The van der Waals surface area contributed by atoms with E-state index < -0.39 is 0 Å². The van der Waals surface area contributed by atoms with Crippen molar-refractivity contribution < 1.29 is 4.79 Å². The molecule has 5 nitrogen and oxygen atoms in total. The summed E-state index contributed by atoms with van der Waals surface area (Å²) in [7, 11) is 0. The van der Waals surface area contributed by atoms with E-state index in [1.165, 1.54) is 17.8 Å². The molecule has 0 bridgehead atoms. The summed E-state index contributed by atoms with van der Waals surface area (Å²) in [4.78, 5) is 20.9. The molecule has 126 valence electrons. The zero-order chi connectivity index (χ0) is 16.2. The number of thiazole rings is 1. The molecular formula is C16H24N4OS2. The fourth-order valence-corrected chi connectivity index (χ4v) is 5.16. The van der Waals surface area contributed by atoms with E-state index in [2.05, 4.69) is 34.4 Å². The molecule has 0 aliphatic carbocycles. The average molecular weight is 353 g/mol. The fraction of sp³-hybridized carbons (Fsp3) is 0.625. The molecule has 3 rings (SSSR count). The minimum atomic E-state index is 0.0375. The Hall–Kier alpha value is -1.18. The van der Waals surface area contributed by atoms with Gasteiger partial charge in [0.05, 0.1) is 9.58 Å². The van der Waals surface area contributed by atoms with Gasteiger partial charge in [0.1, 0.15) is 4.83 Å². The first-order chi connectivity index (χ1) is 11.2. The van der Waals surface area contributed by atoms with Crippen LogP contribution in [0.1, 0.15) is 36.4 Å². The van der Waals surface area contributed by atoms with E-state index in [0.717, 1.165) is 58.7 Å². The number of anilines is 1. The number of thiophene rings is 1. The number of nitrogens with zero attached hydrogens (tertiary/aromatic N) is 2. The Morgan fingerprint density at radius 3 is 2.91 bits per heavy atom. The van der Waals surface area contributed by atoms with Crippen molar-refractivity contribution in [2.75, 3.05) is 37.6 Å². The van der Waals surface area contributed by atoms with Gasteiger partial charge in [-0.15, -0.1) is 11.3 Å². The van der Waals surface area contributed by atoms with Crippen molar-refractivity contribution in [3.05, 3.63) is 10.9 Å². The van der Waals surface area contributed by atoms with E-state index in [-0.39, 0.29) is 5.91 Å². The van der Waals surface area contributed by atoms with Crippen molar-refractivity contribution in [1.29, 1.82) is 0 Å². The molecule has 1 aliphatic heterocycles. The smallest absolute Gasteiger partial charge is 0.261 e. The highest BCUT2D eigenvalue weighted by Crippen LogP contribution is 2.34. The molecule has 0 saturated carbocycles. The largest absolute Gasteiger partial charge is 0.351 e. The summed E-state index contributed by atoms with van der Waals surface area (Å²) >= 11 is 3.17. The van der Waals surface area contributed by atoms with E-state index in [1.54, 1.807) is 11.3 Å². The summed E-state index contributed by atoms with van der Waals surface area (Å²) in [6.07, 6.45) is 2.28. The molecule has 1 amide bonds. The summed E-state index contributed by atoms with van der Waals surface area (Å²) in [6.45, 7) is 9.15. The number of rotatable bonds is 7. The predicted octanol–water partition coefficient (Wildman–Crippen LogP) is 2.93. The summed E-state index contributed by atoms with van der Waals surface area (Å²) in [5, 5.41) is 7.46. The zero-order valence-electron chi connectivity index (χ0n) is 13.7. The minimum Gasteiger partial charge on any atom is -0.351 e. The van der Waals surface area contributed by atoms with Crippen LogP contribution in [0, 0.1) is 5.92 Å². The zero-order valence-corrected chi connectivity index (χ0v) is 15.4. The third-order valence-electron chi connectivity index (χ3n) is 4.34. The lowest BCUT2D eigenvalue weighted by Gasteiger charge is -2.16. The Labute approximate surface area is 145 Å². The Morgan fingerprint density at radius 1 is 1.43 bits per heavy atom. The third kappa shape index (κ3) is 3.84. The van der Waals surface area contributed by atoms with Gasteiger partial charge in [-0.3, -0.25) is 4.79 Å². The first kappa shape index (κ1) is 16.7. The highest BCUT2D eigenvalue weighted by atomic mass is 32.1. The van der Waals surface area contributed by atoms with Crippen LogP contribution in [-0.2, 0) is 0 Å². The van der Waals surface area contributed by atoms with Crippen LogP contribution < -0.4 is 15.5 Å². The molecule has 1 aliphatic rings. The third-order valence-corrected chi connectivity index (χ3v) is 6.56. The quantitative estimate of drug-likeness (QED) is 0.804. The standard InChI is InChI=1S/C16H24N4OS2/c1-3-20(4-2)16-19-15-13(23-16)9-12(22-15)14(21)18-8-6-11-5-7-17-10-11/h9,11,17H,3-8,10H2,1-2H3,(H,18,21). The second-order valence-electron chi connectivity index (χ2n) is 5.85. The maximum Gasteiger partial charge on any atom is 0.261 e. The van der Waals surface area contributed by atoms with Crippen LogP contribution in [0.15, 0.2) is 6.07 Å². The first-order valence-corrected chi connectivity index (χ1v) is 9.98. The molecule has 0 radical (unpaired) electrons. The molecule has 7 heteroatoms. The summed E-state index contributed by atoms with van der Waals surface area (Å²) in [5.41, 5.74) is 0. The van der Waals surface area contributed by atoms with Crippen LogP contribution in [0.3, 0.4) is 0 Å². The van der Waals surface area contributed by atoms with Crippen LogP contribution in [0.5, 0.6) is 0 Å². The van der Waals surface area contributed by atoms with Crippen LogP contribution in [-0.4, -0.2) is 43.6 Å². The Balaban J connectivity index is 1.59. The average Bonchev–Trinajstić information content (AvgIpc) is 3.24. The van der Waals surface area contributed by atoms with Crippen molar-refractivity contribution in [2.45, 2.75) is 26.7 Å². The number of nitrogens with one attached hydrogen (secondary N) is 2. The fourth-order valence-electron chi connectivity index (χ4n) is 2.90. The lowest BCUT2D eigenvalue weighted by atomic mass is 10.1. The maximum absolute atomic E-state index is 12.3. The molecule has 1 fully saturated rings. The van der Waals surface area contributed by atoms with Crippen LogP contribution in [0.25, 0.3) is 9.53 Å². The van der Waals surface area contributed by atoms with Crippen molar-refractivity contribution in [2.24, 2.45) is 5.92 Å². The van der Waals surface area contributed by atoms with Crippen molar-refractivity contribution in [1.82, 2.24) is 15.6 Å². The molecule has 0 spiro atoms. The van der Waals surface area contributed by atoms with Gasteiger partial charge >= 0.3 is 0 Å². The van der Waals surface area contributed by atoms with Crippen molar-refractivity contribution in [3.8, 4) is 0 Å². The second-order valence-corrected chi connectivity index (χ2v) is 7.89. The van der Waals surface area contributed by atoms with Gasteiger partial charge in [0.25, 0.3) is 5.91 Å². The molecular weight excluding hydrogens is 328 g/mol. The highest BCUT2D eigenvalue weighted by molar-refractivity contribution is 7.29. The normalized spacial score (nSPS) is 17.7. The molecule has 1 saturated heterocycles. The predicted molar refractivity (Wildman–Crippen MR) is 99.0 cm³/mol. The van der Waals surface area contributed by atoms with Gasteiger partial charge in [0.15, 0.2) is 5.13 Å². The molecule has 3 heterocycles. The van der Waals surface area contributed by atoms with Crippen LogP contribution in [0.2, 0.25) is 0 Å². The number of hydrogen-bond donors (Lipinski definition) is 2. The van der Waals surface area contributed by atoms with Crippen molar-refractivity contribution >= 4 is 43.2 Å². The summed E-state index contributed by atoms with van der Waals surface area (Å²) in [5.74, 6) is 0.746. The Bertz CT molecular complexity index is 625. The van der Waals surface area contributed by atoms with Crippen molar-refractivity contribution in [3.63, 3.8) is 0 Å². The topological polar surface area (TPSA) is 57.3 Å². The number of carbonyl (C=O) groups excluding carboxylic acids is 1. The number of aromatic nitrogens is 1. The monoisotopic (exact) mass is 352 g/mol. The number of hydrogen-bond acceptors (Lipinski definition) is 6. The number of amides is 1. The lowest BCUT2D eigenvalue weighted by molar-refractivity contribution is 0.0956. The first-order valence-electron chi connectivity index (χ1n) is 8.35. The van der Waals surface area contributed by atoms with E-state index in [1.807, 2.05) is 6.07 Å². The summed E-state index contributed by atoms with van der Waals surface area (Å²) in [6, 6.07) is 1.98. The molecule has 1 atom stereocenters. The SMILES string of the molecule is CCN(CC)c1nc2sc(C(=O)NCCC3CCNC3)cc2s1. The minimum absolute atomic E-state index is 0.0375. The Morgan fingerprint density at radius 2 is 2.26 bits per heavy atom. The molecule has 23 heavy (non-hydrogen) atoms. The van der Waals surface area contributed by atoms with Gasteiger partial charge in [0, 0.05) is 19.6 Å². The second kappa shape index (κ2) is 7.59. The van der Waals surface area contributed by atoms with Crippen LogP contribution >= 0.6 is 22.7 Å². The summed E-state index contributed by atoms with van der Waals surface area (Å²) < 4.78 is 1.11. The van der Waals surface area contributed by atoms with Gasteiger partial charge in [0.2, 0.25) is 0 Å². The van der Waals surface area contributed by atoms with E-state index in [9.17, 15) is 4.79 Å². The number of fused-ring (bicyclic) bond motifs is 1. The van der Waals surface area contributed by atoms with Gasteiger partial charge in [-0.05, 0) is 51.8 Å². The molecule has 2 aromatic heterocycles. The van der Waals surface area contributed by atoms with Gasteiger partial charge in [-0.25, -0.2) is 4.98 Å². The molecule has 0 aromatic carbocycles. The van der Waals surface area contributed by atoms with Crippen LogP contribution in [0.4, 0.5) is 5.13 Å². The van der Waals surface area contributed by atoms with Gasteiger partial charge in [-0.2, -0.15) is 0 Å². The lowest BCUT2D eigenvalue weighted by Crippen LogP contribution is -2.25. The van der Waals surface area contributed by atoms with E-state index >= 15 is 0 Å². The highest BCUT2D eigenvalue weighted by Gasteiger charge is 2.17.